The molecule has 1 amide bonds. The largest absolute Gasteiger partial charge is 0.297 e. The van der Waals surface area contributed by atoms with Gasteiger partial charge in [-0.25, -0.2) is 0 Å². The highest BCUT2D eigenvalue weighted by Crippen LogP contribution is 2.31. The maximum atomic E-state index is 12.0. The van der Waals surface area contributed by atoms with E-state index in [9.17, 15) is 4.79 Å². The predicted molar refractivity (Wildman–Crippen MR) is 115 cm³/mol. The fourth-order valence-corrected chi connectivity index (χ4v) is 4.43. The third-order valence-electron chi connectivity index (χ3n) is 3.30. The highest BCUT2D eigenvalue weighted by Gasteiger charge is 2.09. The lowest BCUT2D eigenvalue weighted by Gasteiger charge is -2.02. The van der Waals surface area contributed by atoms with Crippen LogP contribution < -0.4 is 5.32 Å². The monoisotopic (exact) mass is 455 g/mol. The Hall–Kier alpha value is -1.57. The van der Waals surface area contributed by atoms with E-state index in [1.165, 1.54) is 29.2 Å². The number of carbonyl (C=O) groups excluding carboxylic acids is 1. The standard InChI is InChI=1S/C18H12Cl3N3OS2/c19-13-5-1-11(2-6-13)3-8-16(25)22-17-23-24-18(27-17)26-10-12-4-7-14(20)9-15(12)21/h1-9H,10H2,(H,22,23,25). The van der Waals surface area contributed by atoms with E-state index < -0.39 is 0 Å². The zero-order valence-electron chi connectivity index (χ0n) is 13.7. The first-order valence-electron chi connectivity index (χ1n) is 7.64. The van der Waals surface area contributed by atoms with Gasteiger partial charge in [0.2, 0.25) is 11.0 Å². The first kappa shape index (κ1) is 20.2. The second kappa shape index (κ2) is 9.57. The molecule has 0 spiro atoms. The van der Waals surface area contributed by atoms with E-state index in [1.807, 2.05) is 18.2 Å². The van der Waals surface area contributed by atoms with Crippen LogP contribution in [0.25, 0.3) is 6.08 Å². The molecule has 4 nitrogen and oxygen atoms in total. The van der Waals surface area contributed by atoms with Crippen LogP contribution in [0.2, 0.25) is 15.1 Å². The molecular weight excluding hydrogens is 445 g/mol. The van der Waals surface area contributed by atoms with Crippen LogP contribution in [0.3, 0.4) is 0 Å². The summed E-state index contributed by atoms with van der Waals surface area (Å²) in [4.78, 5) is 12.0. The molecule has 1 heterocycles. The Labute approximate surface area is 179 Å². The quantitative estimate of drug-likeness (QED) is 0.263. The number of thioether (sulfide) groups is 1. The second-order valence-corrected chi connectivity index (χ2v) is 8.75. The summed E-state index contributed by atoms with van der Waals surface area (Å²) < 4.78 is 0.734. The summed E-state index contributed by atoms with van der Waals surface area (Å²) in [6, 6.07) is 12.6. The number of hydrogen-bond donors (Lipinski definition) is 1. The average Bonchev–Trinajstić information content (AvgIpc) is 3.08. The summed E-state index contributed by atoms with van der Waals surface area (Å²) in [6.45, 7) is 0. The van der Waals surface area contributed by atoms with Crippen molar-refractivity contribution in [3.63, 3.8) is 0 Å². The molecule has 0 saturated carbocycles. The molecule has 0 aliphatic rings. The third-order valence-corrected chi connectivity index (χ3v) is 6.16. The first-order chi connectivity index (χ1) is 13.0. The van der Waals surface area contributed by atoms with E-state index in [2.05, 4.69) is 15.5 Å². The Morgan fingerprint density at radius 1 is 1.07 bits per heavy atom. The molecular formula is C18H12Cl3N3OS2. The summed E-state index contributed by atoms with van der Waals surface area (Å²) in [5.41, 5.74) is 1.83. The van der Waals surface area contributed by atoms with Gasteiger partial charge >= 0.3 is 0 Å². The number of benzene rings is 2. The zero-order chi connectivity index (χ0) is 19.2. The van der Waals surface area contributed by atoms with E-state index in [0.29, 0.717) is 26.0 Å². The van der Waals surface area contributed by atoms with Gasteiger partial charge in [0.05, 0.1) is 0 Å². The minimum absolute atomic E-state index is 0.279. The SMILES string of the molecule is O=C(C=Cc1ccc(Cl)cc1)Nc1nnc(SCc2ccc(Cl)cc2Cl)s1. The van der Waals surface area contributed by atoms with Crippen LogP contribution in [0.1, 0.15) is 11.1 Å². The number of halogens is 3. The first-order valence-corrected chi connectivity index (χ1v) is 10.6. The van der Waals surface area contributed by atoms with Crippen LogP contribution in [0.15, 0.2) is 52.9 Å². The Morgan fingerprint density at radius 2 is 1.81 bits per heavy atom. The molecule has 138 valence electrons. The maximum absolute atomic E-state index is 12.0. The molecule has 1 N–H and O–H groups in total. The fraction of sp³-hybridized carbons (Fsp3) is 0.0556. The summed E-state index contributed by atoms with van der Waals surface area (Å²) in [7, 11) is 0. The second-order valence-electron chi connectivity index (χ2n) is 5.27. The molecule has 0 atom stereocenters. The highest BCUT2D eigenvalue weighted by atomic mass is 35.5. The van der Waals surface area contributed by atoms with Crippen molar-refractivity contribution in [2.24, 2.45) is 0 Å². The van der Waals surface area contributed by atoms with Crippen molar-refractivity contribution in [2.45, 2.75) is 10.1 Å². The Bertz CT molecular complexity index is 974. The van der Waals surface area contributed by atoms with E-state index in [0.717, 1.165) is 15.5 Å². The van der Waals surface area contributed by atoms with Gasteiger partial charge in [0.1, 0.15) is 0 Å². The van der Waals surface area contributed by atoms with Crippen LogP contribution in [-0.2, 0) is 10.5 Å². The van der Waals surface area contributed by atoms with Gasteiger partial charge in [-0.05, 0) is 41.5 Å². The molecule has 0 bridgehead atoms. The molecule has 0 aliphatic carbocycles. The van der Waals surface area contributed by atoms with Crippen LogP contribution in [0, 0.1) is 0 Å². The highest BCUT2D eigenvalue weighted by molar-refractivity contribution is 8.00. The van der Waals surface area contributed by atoms with Crippen molar-refractivity contribution in [2.75, 3.05) is 5.32 Å². The molecule has 0 aliphatic heterocycles. The number of hydrogen-bond acceptors (Lipinski definition) is 5. The van der Waals surface area contributed by atoms with Crippen molar-refractivity contribution in [3.05, 3.63) is 74.7 Å². The van der Waals surface area contributed by atoms with E-state index in [1.54, 1.807) is 30.3 Å². The Morgan fingerprint density at radius 3 is 2.56 bits per heavy atom. The van der Waals surface area contributed by atoms with Crippen molar-refractivity contribution >= 4 is 75.0 Å². The number of carbonyl (C=O) groups is 1. The van der Waals surface area contributed by atoms with E-state index >= 15 is 0 Å². The van der Waals surface area contributed by atoms with Gasteiger partial charge in [-0.1, -0.05) is 76.1 Å². The number of nitrogens with zero attached hydrogens (tertiary/aromatic N) is 2. The lowest BCUT2D eigenvalue weighted by Crippen LogP contribution is -2.07. The van der Waals surface area contributed by atoms with Crippen LogP contribution >= 0.6 is 57.9 Å². The molecule has 3 aromatic rings. The Kier molecular flexibility index (Phi) is 7.15. The average molecular weight is 457 g/mol. The number of aromatic nitrogens is 2. The smallest absolute Gasteiger partial charge is 0.250 e. The zero-order valence-corrected chi connectivity index (χ0v) is 17.6. The molecule has 0 radical (unpaired) electrons. The summed E-state index contributed by atoms with van der Waals surface area (Å²) in [6.07, 6.45) is 3.13. The minimum atomic E-state index is -0.279. The van der Waals surface area contributed by atoms with Crippen LogP contribution in [0.5, 0.6) is 0 Å². The summed E-state index contributed by atoms with van der Waals surface area (Å²) in [5, 5.41) is 13.0. The fourth-order valence-electron chi connectivity index (χ4n) is 1.99. The molecule has 27 heavy (non-hydrogen) atoms. The molecule has 0 fully saturated rings. The van der Waals surface area contributed by atoms with Crippen molar-refractivity contribution < 1.29 is 4.79 Å². The molecule has 0 unspecified atom stereocenters. The van der Waals surface area contributed by atoms with Gasteiger partial charge in [0.25, 0.3) is 0 Å². The van der Waals surface area contributed by atoms with Gasteiger partial charge in [0.15, 0.2) is 4.34 Å². The van der Waals surface area contributed by atoms with Gasteiger partial charge in [-0.3, -0.25) is 10.1 Å². The van der Waals surface area contributed by atoms with Crippen LogP contribution in [0.4, 0.5) is 5.13 Å². The molecule has 2 aromatic carbocycles. The molecule has 1 aromatic heterocycles. The number of anilines is 1. The number of nitrogens with one attached hydrogen (secondary N) is 1. The lowest BCUT2D eigenvalue weighted by molar-refractivity contribution is -0.111. The van der Waals surface area contributed by atoms with Gasteiger partial charge < -0.3 is 0 Å². The number of amides is 1. The maximum Gasteiger partial charge on any atom is 0.250 e. The van der Waals surface area contributed by atoms with Crippen LogP contribution in [-0.4, -0.2) is 16.1 Å². The predicted octanol–water partition coefficient (Wildman–Crippen LogP) is 6.44. The topological polar surface area (TPSA) is 54.9 Å². The van der Waals surface area contributed by atoms with Crippen molar-refractivity contribution in [1.29, 1.82) is 0 Å². The normalized spacial score (nSPS) is 11.1. The molecule has 0 saturated heterocycles. The van der Waals surface area contributed by atoms with Gasteiger partial charge in [-0.2, -0.15) is 0 Å². The molecule has 3 rings (SSSR count). The van der Waals surface area contributed by atoms with E-state index in [4.69, 9.17) is 34.8 Å². The lowest BCUT2D eigenvalue weighted by atomic mass is 10.2. The van der Waals surface area contributed by atoms with Gasteiger partial charge in [-0.15, -0.1) is 10.2 Å². The summed E-state index contributed by atoms with van der Waals surface area (Å²) in [5.74, 6) is 0.355. The molecule has 9 heteroatoms. The van der Waals surface area contributed by atoms with Crippen molar-refractivity contribution in [1.82, 2.24) is 10.2 Å². The van der Waals surface area contributed by atoms with Crippen molar-refractivity contribution in [3.8, 4) is 0 Å². The number of rotatable bonds is 6. The Balaban J connectivity index is 1.54. The van der Waals surface area contributed by atoms with Gasteiger partial charge in [0, 0.05) is 26.9 Å². The third kappa shape index (κ3) is 6.23. The van der Waals surface area contributed by atoms with E-state index in [-0.39, 0.29) is 5.91 Å². The summed E-state index contributed by atoms with van der Waals surface area (Å²) >= 11 is 20.7. The minimum Gasteiger partial charge on any atom is -0.297 e.